The Hall–Kier alpha value is -1.91. The van der Waals surface area contributed by atoms with Crippen molar-refractivity contribution < 1.29 is 4.92 Å². The number of nitrogens with zero attached hydrogens (tertiary/aromatic N) is 2. The Morgan fingerprint density at radius 1 is 1.38 bits per heavy atom. The zero-order valence-electron chi connectivity index (χ0n) is 8.85. The van der Waals surface area contributed by atoms with Crippen LogP contribution in [-0.2, 0) is 6.42 Å². The van der Waals surface area contributed by atoms with Crippen LogP contribution in [0, 0.1) is 10.1 Å². The van der Waals surface area contributed by atoms with Crippen LogP contribution in [0.1, 0.15) is 12.0 Å². The maximum atomic E-state index is 10.5. The van der Waals surface area contributed by atoms with Crippen molar-refractivity contribution in [3.8, 4) is 0 Å². The molecule has 16 heavy (non-hydrogen) atoms. The van der Waals surface area contributed by atoms with Crippen LogP contribution < -0.4 is 5.32 Å². The average Bonchev–Trinajstić information content (AvgIpc) is 2.31. The van der Waals surface area contributed by atoms with Crippen molar-refractivity contribution >= 4 is 11.5 Å². The Morgan fingerprint density at radius 2 is 2.12 bits per heavy atom. The van der Waals surface area contributed by atoms with E-state index in [0.29, 0.717) is 0 Å². The quantitative estimate of drug-likeness (QED) is 0.619. The number of non-ortho nitro benzene ring substituents is 1. The van der Waals surface area contributed by atoms with E-state index in [9.17, 15) is 10.1 Å². The Morgan fingerprint density at radius 3 is 2.69 bits per heavy atom. The summed E-state index contributed by atoms with van der Waals surface area (Å²) in [4.78, 5) is 14.4. The number of nitro groups is 1. The van der Waals surface area contributed by atoms with Gasteiger partial charge in [0.2, 0.25) is 0 Å². The van der Waals surface area contributed by atoms with Crippen molar-refractivity contribution in [2.45, 2.75) is 12.8 Å². The lowest BCUT2D eigenvalue weighted by Gasteiger charge is -2.14. The third kappa shape index (κ3) is 2.56. The molecule has 0 fully saturated rings. The molecule has 5 nitrogen and oxygen atoms in total. The number of hydrogen-bond donors (Lipinski definition) is 1. The summed E-state index contributed by atoms with van der Waals surface area (Å²) in [6.07, 6.45) is 1.79. The number of nitro benzene ring substituents is 1. The van der Waals surface area contributed by atoms with Gasteiger partial charge in [0.1, 0.15) is 5.84 Å². The van der Waals surface area contributed by atoms with Gasteiger partial charge in [-0.2, -0.15) is 0 Å². The molecule has 0 unspecified atom stereocenters. The second kappa shape index (κ2) is 4.74. The molecule has 0 atom stereocenters. The fourth-order valence-corrected chi connectivity index (χ4v) is 1.63. The van der Waals surface area contributed by atoms with Crippen LogP contribution in [0.25, 0.3) is 0 Å². The van der Waals surface area contributed by atoms with Crippen LogP contribution in [0.5, 0.6) is 0 Å². The SMILES string of the molecule is O=[N+]([O-])c1ccc(CC2=NCCCN2)cc1. The van der Waals surface area contributed by atoms with Gasteiger partial charge in [0, 0.05) is 31.6 Å². The number of hydrogen-bond acceptors (Lipinski definition) is 4. The second-order valence-corrected chi connectivity index (χ2v) is 3.71. The van der Waals surface area contributed by atoms with Crippen molar-refractivity contribution in [1.82, 2.24) is 5.32 Å². The van der Waals surface area contributed by atoms with Crippen LogP contribution in [0.15, 0.2) is 29.3 Å². The molecule has 0 saturated heterocycles. The van der Waals surface area contributed by atoms with Crippen molar-refractivity contribution in [2.24, 2.45) is 4.99 Å². The summed E-state index contributed by atoms with van der Waals surface area (Å²) in [6, 6.07) is 6.60. The summed E-state index contributed by atoms with van der Waals surface area (Å²) in [5, 5.41) is 13.7. The molecule has 1 aliphatic rings. The van der Waals surface area contributed by atoms with Crippen LogP contribution in [-0.4, -0.2) is 23.8 Å². The Bertz CT molecular complexity index is 412. The van der Waals surface area contributed by atoms with Crippen molar-refractivity contribution in [1.29, 1.82) is 0 Å². The summed E-state index contributed by atoms with van der Waals surface area (Å²) in [5.41, 5.74) is 1.17. The lowest BCUT2D eigenvalue weighted by atomic mass is 10.1. The van der Waals surface area contributed by atoms with Crippen molar-refractivity contribution in [2.75, 3.05) is 13.1 Å². The number of aliphatic imine (C=N–C) groups is 1. The van der Waals surface area contributed by atoms with Gasteiger partial charge >= 0.3 is 0 Å². The van der Waals surface area contributed by atoms with Crippen LogP contribution in [0.2, 0.25) is 0 Å². The lowest BCUT2D eigenvalue weighted by molar-refractivity contribution is -0.384. The molecule has 0 radical (unpaired) electrons. The zero-order valence-corrected chi connectivity index (χ0v) is 8.85. The van der Waals surface area contributed by atoms with Crippen molar-refractivity contribution in [3.63, 3.8) is 0 Å². The molecule has 5 heteroatoms. The van der Waals surface area contributed by atoms with Crippen molar-refractivity contribution in [3.05, 3.63) is 39.9 Å². The Kier molecular flexibility index (Phi) is 3.14. The summed E-state index contributed by atoms with van der Waals surface area (Å²) < 4.78 is 0. The molecular formula is C11H13N3O2. The topological polar surface area (TPSA) is 67.5 Å². The molecule has 0 aliphatic carbocycles. The number of rotatable bonds is 3. The van der Waals surface area contributed by atoms with Gasteiger partial charge in [-0.15, -0.1) is 0 Å². The van der Waals surface area contributed by atoms with Gasteiger partial charge in [-0.1, -0.05) is 12.1 Å². The minimum Gasteiger partial charge on any atom is -0.373 e. The van der Waals surface area contributed by atoms with Gasteiger partial charge in [-0.3, -0.25) is 15.1 Å². The third-order valence-corrected chi connectivity index (χ3v) is 2.49. The smallest absolute Gasteiger partial charge is 0.269 e. The van der Waals surface area contributed by atoms with Gasteiger partial charge < -0.3 is 5.32 Å². The molecule has 0 saturated carbocycles. The fraction of sp³-hybridized carbons (Fsp3) is 0.364. The van der Waals surface area contributed by atoms with Gasteiger partial charge in [-0.25, -0.2) is 0 Å². The summed E-state index contributed by atoms with van der Waals surface area (Å²) in [6.45, 7) is 1.83. The first-order valence-electron chi connectivity index (χ1n) is 5.26. The zero-order chi connectivity index (χ0) is 11.4. The third-order valence-electron chi connectivity index (χ3n) is 2.49. The lowest BCUT2D eigenvalue weighted by Crippen LogP contribution is -2.30. The highest BCUT2D eigenvalue weighted by Crippen LogP contribution is 2.12. The highest BCUT2D eigenvalue weighted by Gasteiger charge is 2.07. The minimum atomic E-state index is -0.389. The Balaban J connectivity index is 2.04. The minimum absolute atomic E-state index is 0.127. The van der Waals surface area contributed by atoms with E-state index in [1.165, 1.54) is 12.1 Å². The van der Waals surface area contributed by atoms with E-state index in [1.807, 2.05) is 0 Å². The molecule has 0 bridgehead atoms. The molecule has 0 amide bonds. The van der Waals surface area contributed by atoms with Gasteiger partial charge in [-0.05, 0) is 12.0 Å². The van der Waals surface area contributed by atoms with E-state index in [2.05, 4.69) is 10.3 Å². The molecule has 1 aromatic carbocycles. The standard InChI is InChI=1S/C11H13N3O2/c15-14(16)10-4-2-9(3-5-10)8-11-12-6-1-7-13-11/h2-5H,1,6-8H2,(H,12,13). The average molecular weight is 219 g/mol. The monoisotopic (exact) mass is 219 g/mol. The first-order chi connectivity index (χ1) is 7.75. The highest BCUT2D eigenvalue weighted by atomic mass is 16.6. The molecule has 0 spiro atoms. The van der Waals surface area contributed by atoms with E-state index in [-0.39, 0.29) is 10.6 Å². The van der Waals surface area contributed by atoms with E-state index in [1.54, 1.807) is 12.1 Å². The molecular weight excluding hydrogens is 206 g/mol. The fourth-order valence-electron chi connectivity index (χ4n) is 1.63. The molecule has 1 heterocycles. The van der Waals surface area contributed by atoms with E-state index in [4.69, 9.17) is 0 Å². The molecule has 2 rings (SSSR count). The van der Waals surface area contributed by atoms with E-state index in [0.717, 1.165) is 37.3 Å². The maximum absolute atomic E-state index is 10.5. The molecule has 1 aliphatic heterocycles. The molecule has 1 N–H and O–H groups in total. The summed E-state index contributed by atoms with van der Waals surface area (Å²) in [7, 11) is 0. The largest absolute Gasteiger partial charge is 0.373 e. The van der Waals surface area contributed by atoms with Gasteiger partial charge in [0.05, 0.1) is 4.92 Å². The maximum Gasteiger partial charge on any atom is 0.269 e. The molecule has 0 aromatic heterocycles. The van der Waals surface area contributed by atoms with E-state index < -0.39 is 0 Å². The Labute approximate surface area is 93.3 Å². The van der Waals surface area contributed by atoms with Crippen LogP contribution >= 0.6 is 0 Å². The highest BCUT2D eigenvalue weighted by molar-refractivity contribution is 5.84. The molecule has 1 aromatic rings. The molecule has 84 valence electrons. The predicted molar refractivity (Wildman–Crippen MR) is 61.7 cm³/mol. The van der Waals surface area contributed by atoms with Gasteiger partial charge in [0.15, 0.2) is 0 Å². The summed E-state index contributed by atoms with van der Waals surface area (Å²) >= 11 is 0. The number of benzene rings is 1. The number of amidine groups is 1. The summed E-state index contributed by atoms with van der Waals surface area (Å²) in [5.74, 6) is 0.972. The second-order valence-electron chi connectivity index (χ2n) is 3.71. The van der Waals surface area contributed by atoms with Crippen LogP contribution in [0.3, 0.4) is 0 Å². The first-order valence-corrected chi connectivity index (χ1v) is 5.26. The van der Waals surface area contributed by atoms with E-state index >= 15 is 0 Å². The number of nitrogens with one attached hydrogen (secondary N) is 1. The van der Waals surface area contributed by atoms with Gasteiger partial charge in [0.25, 0.3) is 5.69 Å². The van der Waals surface area contributed by atoms with Crippen LogP contribution in [0.4, 0.5) is 5.69 Å². The first kappa shape index (κ1) is 10.6. The normalized spacial score (nSPS) is 15.1. The predicted octanol–water partition coefficient (Wildman–Crippen LogP) is 1.53.